The molecule has 3 aliphatic rings. The lowest BCUT2D eigenvalue weighted by Gasteiger charge is -2.35. The van der Waals surface area contributed by atoms with Crippen LogP contribution in [0.4, 0.5) is 5.69 Å². The number of nitrogens with zero attached hydrogens (tertiary/aromatic N) is 1. The third-order valence-corrected chi connectivity index (χ3v) is 6.37. The summed E-state index contributed by atoms with van der Waals surface area (Å²) in [6, 6.07) is 9.00. The van der Waals surface area contributed by atoms with Gasteiger partial charge in [0.15, 0.2) is 0 Å². The van der Waals surface area contributed by atoms with Gasteiger partial charge in [-0.25, -0.2) is 0 Å². The van der Waals surface area contributed by atoms with Crippen LogP contribution in [0.1, 0.15) is 44.9 Å². The Labute approximate surface area is 180 Å². The van der Waals surface area contributed by atoms with Crippen molar-refractivity contribution in [3.63, 3.8) is 0 Å². The molecule has 5 nitrogen and oxygen atoms in total. The molecule has 7 heteroatoms. The number of rotatable bonds is 4. The average molecular weight is 430 g/mol. The van der Waals surface area contributed by atoms with E-state index in [1.807, 2.05) is 12.1 Å². The Morgan fingerprint density at radius 1 is 1.18 bits per heavy atom. The molecule has 1 saturated carbocycles. The van der Waals surface area contributed by atoms with Crippen molar-refractivity contribution in [3.8, 4) is 5.75 Å². The van der Waals surface area contributed by atoms with Gasteiger partial charge >= 0.3 is 0 Å². The first kappa shape index (κ1) is 23.1. The zero-order chi connectivity index (χ0) is 17.9. The van der Waals surface area contributed by atoms with Crippen molar-refractivity contribution in [2.24, 2.45) is 5.92 Å². The molecule has 1 amide bonds. The fourth-order valence-corrected chi connectivity index (χ4v) is 4.96. The van der Waals surface area contributed by atoms with Gasteiger partial charge in [0, 0.05) is 36.9 Å². The van der Waals surface area contributed by atoms with E-state index < -0.39 is 0 Å². The molecule has 0 aromatic heterocycles. The number of amides is 1. The molecule has 4 unspecified atom stereocenters. The first-order valence-electron chi connectivity index (χ1n) is 10.2. The molecule has 4 atom stereocenters. The van der Waals surface area contributed by atoms with E-state index in [9.17, 15) is 4.79 Å². The predicted molar refractivity (Wildman–Crippen MR) is 118 cm³/mol. The van der Waals surface area contributed by atoms with Gasteiger partial charge in [-0.3, -0.25) is 4.79 Å². The third kappa shape index (κ3) is 5.25. The van der Waals surface area contributed by atoms with Gasteiger partial charge in [0.05, 0.1) is 13.2 Å². The van der Waals surface area contributed by atoms with Crippen LogP contribution < -0.4 is 20.3 Å². The van der Waals surface area contributed by atoms with Crippen LogP contribution in [0.15, 0.2) is 24.3 Å². The van der Waals surface area contributed by atoms with Crippen molar-refractivity contribution in [3.05, 3.63) is 24.3 Å². The number of benzene rings is 1. The molecule has 2 aliphatic heterocycles. The number of carbonyl (C=O) groups is 1. The summed E-state index contributed by atoms with van der Waals surface area (Å²) in [6.07, 6.45) is 8.34. The smallest absolute Gasteiger partial charge is 0.237 e. The second-order valence-corrected chi connectivity index (χ2v) is 8.10. The number of ether oxygens (including phenoxy) is 1. The zero-order valence-electron chi connectivity index (χ0n) is 16.6. The Kier molecular flexibility index (Phi) is 8.72. The summed E-state index contributed by atoms with van der Waals surface area (Å²) < 4.78 is 5.35. The van der Waals surface area contributed by atoms with Crippen molar-refractivity contribution in [1.29, 1.82) is 0 Å². The van der Waals surface area contributed by atoms with Crippen LogP contribution in [0.2, 0.25) is 0 Å². The highest BCUT2D eigenvalue weighted by atomic mass is 35.5. The quantitative estimate of drug-likeness (QED) is 0.767. The van der Waals surface area contributed by atoms with E-state index in [-0.39, 0.29) is 42.8 Å². The monoisotopic (exact) mass is 429 g/mol. The molecule has 1 aliphatic carbocycles. The van der Waals surface area contributed by atoms with Crippen molar-refractivity contribution < 1.29 is 9.53 Å². The second kappa shape index (κ2) is 10.6. The highest BCUT2D eigenvalue weighted by Gasteiger charge is 2.38. The number of halogens is 2. The Balaban J connectivity index is 0.00000140. The number of piperidine rings is 1. The molecule has 28 heavy (non-hydrogen) atoms. The van der Waals surface area contributed by atoms with E-state index >= 15 is 0 Å². The maximum Gasteiger partial charge on any atom is 0.237 e. The van der Waals surface area contributed by atoms with Crippen LogP contribution in [0.25, 0.3) is 0 Å². The maximum absolute atomic E-state index is 12.8. The summed E-state index contributed by atoms with van der Waals surface area (Å²) in [5.41, 5.74) is 1.17. The number of nitrogens with one attached hydrogen (secondary N) is 2. The number of anilines is 1. The molecule has 1 aromatic rings. The number of fused-ring (bicyclic) bond motifs is 1. The fourth-order valence-electron chi connectivity index (χ4n) is 4.96. The summed E-state index contributed by atoms with van der Waals surface area (Å²) in [5, 5.41) is 6.92. The lowest BCUT2D eigenvalue weighted by atomic mass is 9.85. The topological polar surface area (TPSA) is 53.6 Å². The standard InChI is InChI=1S/C21H31N3O2.2ClH/c1-26-18-9-4-8-17(13-18)24-11-5-7-16(14-24)22-21(25)20-12-15-6-2-3-10-19(15)23-20;;/h4,8-9,13,15-16,19-20,23H,2-3,5-7,10-12,14H2,1H3,(H,22,25);2*1H. The van der Waals surface area contributed by atoms with E-state index in [0.717, 1.165) is 38.1 Å². The lowest BCUT2D eigenvalue weighted by molar-refractivity contribution is -0.123. The van der Waals surface area contributed by atoms with Gasteiger partial charge in [0.1, 0.15) is 5.75 Å². The fraction of sp³-hybridized carbons (Fsp3) is 0.667. The summed E-state index contributed by atoms with van der Waals surface area (Å²) in [4.78, 5) is 15.1. The average Bonchev–Trinajstić information content (AvgIpc) is 3.13. The Morgan fingerprint density at radius 2 is 2.00 bits per heavy atom. The van der Waals surface area contributed by atoms with E-state index in [1.165, 1.54) is 31.4 Å². The highest BCUT2D eigenvalue weighted by molar-refractivity contribution is 5.85. The van der Waals surface area contributed by atoms with Gasteiger partial charge in [-0.1, -0.05) is 18.9 Å². The maximum atomic E-state index is 12.8. The lowest BCUT2D eigenvalue weighted by Crippen LogP contribution is -2.52. The first-order chi connectivity index (χ1) is 12.7. The number of carbonyl (C=O) groups excluding carboxylic acids is 1. The van der Waals surface area contributed by atoms with Crippen LogP contribution in [0, 0.1) is 5.92 Å². The molecule has 0 bridgehead atoms. The SMILES string of the molecule is COc1cccc(N2CCCC(NC(=O)C3CC4CCCCC4N3)C2)c1.Cl.Cl. The molecule has 0 radical (unpaired) electrons. The molecular formula is C21H33Cl2N3O2. The van der Waals surface area contributed by atoms with E-state index in [0.29, 0.717) is 12.0 Å². The van der Waals surface area contributed by atoms with Gasteiger partial charge in [-0.05, 0) is 50.2 Å². The molecule has 3 fully saturated rings. The van der Waals surface area contributed by atoms with Gasteiger partial charge < -0.3 is 20.3 Å². The van der Waals surface area contributed by atoms with Crippen molar-refractivity contribution in [2.45, 2.75) is 63.1 Å². The van der Waals surface area contributed by atoms with Crippen molar-refractivity contribution >= 4 is 36.4 Å². The van der Waals surface area contributed by atoms with E-state index in [4.69, 9.17) is 4.74 Å². The predicted octanol–water partition coefficient (Wildman–Crippen LogP) is 3.54. The summed E-state index contributed by atoms with van der Waals surface area (Å²) in [7, 11) is 1.70. The molecule has 0 spiro atoms. The van der Waals surface area contributed by atoms with Crippen LogP contribution in [-0.4, -0.2) is 44.2 Å². The van der Waals surface area contributed by atoms with E-state index in [1.54, 1.807) is 7.11 Å². The van der Waals surface area contributed by atoms with Gasteiger partial charge in [0.25, 0.3) is 0 Å². The Bertz CT molecular complexity index is 632. The summed E-state index contributed by atoms with van der Waals surface area (Å²) in [6.45, 7) is 1.91. The number of hydrogen-bond acceptors (Lipinski definition) is 4. The molecule has 2 saturated heterocycles. The van der Waals surface area contributed by atoms with Crippen LogP contribution in [0.3, 0.4) is 0 Å². The van der Waals surface area contributed by atoms with Crippen LogP contribution >= 0.6 is 24.8 Å². The number of hydrogen-bond donors (Lipinski definition) is 2. The molecule has 4 rings (SSSR count). The van der Waals surface area contributed by atoms with Gasteiger partial charge in [-0.2, -0.15) is 0 Å². The molecule has 1 aromatic carbocycles. The Hall–Kier alpha value is -1.17. The van der Waals surface area contributed by atoms with Gasteiger partial charge in [0.2, 0.25) is 5.91 Å². The highest BCUT2D eigenvalue weighted by Crippen LogP contribution is 2.33. The van der Waals surface area contributed by atoms with Crippen LogP contribution in [0.5, 0.6) is 5.75 Å². The number of methoxy groups -OCH3 is 1. The molecular weight excluding hydrogens is 397 g/mol. The first-order valence-corrected chi connectivity index (χ1v) is 10.2. The largest absolute Gasteiger partial charge is 0.497 e. The minimum atomic E-state index is 0. The molecule has 158 valence electrons. The van der Waals surface area contributed by atoms with Crippen molar-refractivity contribution in [1.82, 2.24) is 10.6 Å². The molecule has 2 heterocycles. The third-order valence-electron chi connectivity index (χ3n) is 6.37. The molecule has 2 N–H and O–H groups in total. The summed E-state index contributed by atoms with van der Waals surface area (Å²) in [5.74, 6) is 1.79. The Morgan fingerprint density at radius 3 is 2.79 bits per heavy atom. The van der Waals surface area contributed by atoms with E-state index in [2.05, 4.69) is 27.7 Å². The van der Waals surface area contributed by atoms with Gasteiger partial charge in [-0.15, -0.1) is 24.8 Å². The summed E-state index contributed by atoms with van der Waals surface area (Å²) >= 11 is 0. The normalized spacial score (nSPS) is 29.1. The zero-order valence-corrected chi connectivity index (χ0v) is 18.2. The minimum absolute atomic E-state index is 0. The second-order valence-electron chi connectivity index (χ2n) is 8.10. The van der Waals surface area contributed by atoms with Crippen LogP contribution in [-0.2, 0) is 4.79 Å². The minimum Gasteiger partial charge on any atom is -0.497 e. The van der Waals surface area contributed by atoms with Crippen molar-refractivity contribution in [2.75, 3.05) is 25.1 Å².